The zero-order chi connectivity index (χ0) is 23.4. The van der Waals surface area contributed by atoms with Crippen LogP contribution in [0.2, 0.25) is 0 Å². The van der Waals surface area contributed by atoms with E-state index in [-0.39, 0.29) is 42.8 Å². The van der Waals surface area contributed by atoms with Crippen molar-refractivity contribution in [1.82, 2.24) is 20.5 Å². The standard InChI is InChI=1S/C16H18F4N6O5S/c17-12-5-4-10(8-11(12)16(18,19)20)22-15(23-27)13-14(25-31-24-13)21-6-1-7-30-32(28,29)26-9-2-3-9/h4-5,8-9,26-27H,1-3,6-7H2,(H,21,25)(H,22,23). The van der Waals surface area contributed by atoms with Crippen molar-refractivity contribution >= 4 is 27.6 Å². The number of aliphatic imine (C=N–C) groups is 1. The fraction of sp³-hybridized carbons (Fsp3) is 0.438. The summed E-state index contributed by atoms with van der Waals surface area (Å²) in [6.07, 6.45) is -3.17. The highest BCUT2D eigenvalue weighted by Gasteiger charge is 2.34. The van der Waals surface area contributed by atoms with Gasteiger partial charge in [0.15, 0.2) is 11.5 Å². The number of halogens is 4. The number of nitrogens with zero attached hydrogens (tertiary/aromatic N) is 3. The first-order valence-corrected chi connectivity index (χ1v) is 10.6. The molecule has 0 unspecified atom stereocenters. The molecule has 3 rings (SSSR count). The molecular formula is C16H18F4N6O5S. The maximum absolute atomic E-state index is 13.4. The van der Waals surface area contributed by atoms with Crippen LogP contribution >= 0.6 is 0 Å². The molecule has 0 radical (unpaired) electrons. The maximum atomic E-state index is 13.4. The molecule has 0 atom stereocenters. The molecule has 1 aliphatic rings. The van der Waals surface area contributed by atoms with Gasteiger partial charge in [0, 0.05) is 12.6 Å². The van der Waals surface area contributed by atoms with E-state index in [4.69, 9.17) is 4.18 Å². The summed E-state index contributed by atoms with van der Waals surface area (Å²) in [7, 11) is -3.82. The molecule has 0 spiro atoms. The second-order valence-corrected chi connectivity index (χ2v) is 8.02. The molecule has 0 saturated heterocycles. The minimum atomic E-state index is -4.94. The third-order valence-electron chi connectivity index (χ3n) is 4.06. The van der Waals surface area contributed by atoms with Gasteiger partial charge in [-0.25, -0.2) is 14.0 Å². The van der Waals surface area contributed by atoms with Crippen LogP contribution in [0.5, 0.6) is 0 Å². The second kappa shape index (κ2) is 9.76. The smallest absolute Gasteiger partial charge is 0.365 e. The largest absolute Gasteiger partial charge is 0.419 e. The summed E-state index contributed by atoms with van der Waals surface area (Å²) in [5.74, 6) is -1.94. The molecule has 2 aromatic rings. The molecule has 0 bridgehead atoms. The van der Waals surface area contributed by atoms with Crippen LogP contribution in [0, 0.1) is 5.82 Å². The van der Waals surface area contributed by atoms with Crippen molar-refractivity contribution in [2.24, 2.45) is 4.99 Å². The second-order valence-electron chi connectivity index (χ2n) is 6.64. The average Bonchev–Trinajstić information content (AvgIpc) is 3.39. The van der Waals surface area contributed by atoms with Crippen LogP contribution in [0.15, 0.2) is 27.8 Å². The number of alkyl halides is 3. The zero-order valence-electron chi connectivity index (χ0n) is 16.2. The van der Waals surface area contributed by atoms with Crippen LogP contribution in [0.1, 0.15) is 30.5 Å². The lowest BCUT2D eigenvalue weighted by molar-refractivity contribution is -0.139. The van der Waals surface area contributed by atoms with Gasteiger partial charge in [-0.1, -0.05) is 0 Å². The number of aromatic nitrogens is 2. The summed E-state index contributed by atoms with van der Waals surface area (Å²) in [6.45, 7) is 0.0122. The van der Waals surface area contributed by atoms with Gasteiger partial charge in [-0.05, 0) is 47.8 Å². The molecular weight excluding hydrogens is 464 g/mol. The van der Waals surface area contributed by atoms with Crippen LogP contribution in [0.4, 0.5) is 29.1 Å². The van der Waals surface area contributed by atoms with Crippen molar-refractivity contribution in [3.8, 4) is 0 Å². The number of benzene rings is 1. The molecule has 1 aliphatic carbocycles. The lowest BCUT2D eigenvalue weighted by Gasteiger charge is -2.09. The highest BCUT2D eigenvalue weighted by atomic mass is 32.2. The fourth-order valence-electron chi connectivity index (χ4n) is 2.41. The van der Waals surface area contributed by atoms with Gasteiger partial charge in [-0.15, -0.1) is 0 Å². The first-order valence-electron chi connectivity index (χ1n) is 9.18. The third kappa shape index (κ3) is 6.59. The predicted octanol–water partition coefficient (Wildman–Crippen LogP) is 2.10. The number of hydrogen-bond acceptors (Lipinski definition) is 9. The molecule has 11 nitrogen and oxygen atoms in total. The zero-order valence-corrected chi connectivity index (χ0v) is 17.0. The van der Waals surface area contributed by atoms with Crippen LogP contribution < -0.4 is 15.5 Å². The summed E-state index contributed by atoms with van der Waals surface area (Å²) in [4.78, 5) is 3.78. The Balaban J connectivity index is 1.62. The van der Waals surface area contributed by atoms with E-state index < -0.39 is 33.7 Å². The molecule has 16 heteroatoms. The topological polar surface area (TPSA) is 151 Å². The maximum Gasteiger partial charge on any atom is 0.419 e. The van der Waals surface area contributed by atoms with Gasteiger partial charge in [0.1, 0.15) is 5.82 Å². The highest BCUT2D eigenvalue weighted by Crippen LogP contribution is 2.33. The SMILES string of the molecule is O=S(=O)(NC1CC1)OCCCNc1nonc1C(=Nc1ccc(F)c(C(F)(F)F)c1)NO. The highest BCUT2D eigenvalue weighted by molar-refractivity contribution is 7.84. The minimum Gasteiger partial charge on any atom is -0.365 e. The van der Waals surface area contributed by atoms with E-state index in [2.05, 4.69) is 30.0 Å². The first kappa shape index (κ1) is 23.8. The van der Waals surface area contributed by atoms with E-state index in [9.17, 15) is 31.2 Å². The van der Waals surface area contributed by atoms with E-state index in [1.807, 2.05) is 0 Å². The number of hydrogen-bond donors (Lipinski definition) is 4. The summed E-state index contributed by atoms with van der Waals surface area (Å²) < 4.78 is 86.9. The van der Waals surface area contributed by atoms with E-state index in [0.717, 1.165) is 18.9 Å². The molecule has 176 valence electrons. The third-order valence-corrected chi connectivity index (χ3v) is 5.15. The Morgan fingerprint density at radius 2 is 2.06 bits per heavy atom. The van der Waals surface area contributed by atoms with E-state index >= 15 is 0 Å². The summed E-state index contributed by atoms with van der Waals surface area (Å²) in [6, 6.07) is 1.93. The molecule has 1 aromatic heterocycles. The number of hydroxylamine groups is 1. The Kier molecular flexibility index (Phi) is 7.27. The molecule has 0 amide bonds. The molecule has 32 heavy (non-hydrogen) atoms. The van der Waals surface area contributed by atoms with Gasteiger partial charge >= 0.3 is 16.5 Å². The van der Waals surface area contributed by atoms with Crippen molar-refractivity contribution < 1.29 is 40.0 Å². The normalized spacial score (nSPS) is 15.1. The van der Waals surface area contributed by atoms with Crippen molar-refractivity contribution in [3.05, 3.63) is 35.3 Å². The Hall–Kier alpha value is -2.82. The van der Waals surface area contributed by atoms with Crippen LogP contribution in [0.25, 0.3) is 0 Å². The minimum absolute atomic E-state index is 0.0394. The van der Waals surface area contributed by atoms with Crippen LogP contribution in [0.3, 0.4) is 0 Å². The molecule has 0 aliphatic heterocycles. The monoisotopic (exact) mass is 482 g/mol. The summed E-state index contributed by atoms with van der Waals surface area (Å²) >= 11 is 0. The Morgan fingerprint density at radius 3 is 2.72 bits per heavy atom. The van der Waals surface area contributed by atoms with Gasteiger partial charge in [-0.3, -0.25) is 14.9 Å². The summed E-state index contributed by atoms with van der Waals surface area (Å²) in [5, 5.41) is 19.1. The molecule has 1 fully saturated rings. The first-order chi connectivity index (χ1) is 15.1. The van der Waals surface area contributed by atoms with Crippen LogP contribution in [-0.4, -0.2) is 49.0 Å². The van der Waals surface area contributed by atoms with Crippen molar-refractivity contribution in [2.75, 3.05) is 18.5 Å². The number of rotatable bonds is 10. The number of anilines is 1. The number of amidine groups is 1. The Morgan fingerprint density at radius 1 is 1.31 bits per heavy atom. The fourth-order valence-corrected chi connectivity index (χ4v) is 3.46. The molecule has 1 saturated carbocycles. The van der Waals surface area contributed by atoms with Gasteiger partial charge in [-0.2, -0.15) is 26.3 Å². The Labute approximate surface area is 179 Å². The lowest BCUT2D eigenvalue weighted by Crippen LogP contribution is -2.28. The molecule has 1 aromatic carbocycles. The van der Waals surface area contributed by atoms with E-state index in [1.165, 1.54) is 0 Å². The van der Waals surface area contributed by atoms with E-state index in [0.29, 0.717) is 12.1 Å². The van der Waals surface area contributed by atoms with Crippen molar-refractivity contribution in [3.63, 3.8) is 0 Å². The average molecular weight is 482 g/mol. The molecule has 1 heterocycles. The van der Waals surface area contributed by atoms with Crippen molar-refractivity contribution in [1.29, 1.82) is 0 Å². The van der Waals surface area contributed by atoms with E-state index in [1.54, 1.807) is 5.48 Å². The van der Waals surface area contributed by atoms with Gasteiger partial charge in [0.2, 0.25) is 5.82 Å². The Bertz CT molecular complexity index is 1070. The van der Waals surface area contributed by atoms with Crippen molar-refractivity contribution in [2.45, 2.75) is 31.5 Å². The predicted molar refractivity (Wildman–Crippen MR) is 101 cm³/mol. The lowest BCUT2D eigenvalue weighted by atomic mass is 10.2. The quantitative estimate of drug-likeness (QED) is 0.131. The van der Waals surface area contributed by atoms with Gasteiger partial charge < -0.3 is 5.32 Å². The van der Waals surface area contributed by atoms with Gasteiger partial charge in [0.25, 0.3) is 0 Å². The number of nitrogens with one attached hydrogen (secondary N) is 3. The van der Waals surface area contributed by atoms with Crippen LogP contribution in [-0.2, 0) is 20.7 Å². The summed E-state index contributed by atoms with van der Waals surface area (Å²) in [5.41, 5.74) is -0.371. The molecule has 4 N–H and O–H groups in total. The van der Waals surface area contributed by atoms with Gasteiger partial charge in [0.05, 0.1) is 17.9 Å².